The van der Waals surface area contributed by atoms with Crippen molar-refractivity contribution < 1.29 is 4.79 Å². The van der Waals surface area contributed by atoms with E-state index in [1.807, 2.05) is 29.8 Å². The minimum Gasteiger partial charge on any atom is -0.309 e. The molecule has 6 nitrogen and oxygen atoms in total. The molecule has 4 heterocycles. The Labute approximate surface area is 147 Å². The Kier molecular flexibility index (Phi) is 3.14. The van der Waals surface area contributed by atoms with Crippen LogP contribution in [0.2, 0.25) is 0 Å². The number of thiazole rings is 1. The van der Waals surface area contributed by atoms with Crippen molar-refractivity contribution in [3.8, 4) is 11.3 Å². The molecular weight excluding hydrogens is 334 g/mol. The molecular formula is C18H13N5OS. The van der Waals surface area contributed by atoms with Crippen LogP contribution in [0.4, 0.5) is 5.82 Å². The molecule has 25 heavy (non-hydrogen) atoms. The summed E-state index contributed by atoms with van der Waals surface area (Å²) < 4.78 is 1.12. The summed E-state index contributed by atoms with van der Waals surface area (Å²) in [7, 11) is 0. The van der Waals surface area contributed by atoms with Gasteiger partial charge < -0.3 is 5.32 Å². The van der Waals surface area contributed by atoms with E-state index in [1.54, 1.807) is 23.7 Å². The number of anilines is 1. The number of pyridine rings is 1. The second-order valence-corrected chi connectivity index (χ2v) is 6.81. The average Bonchev–Trinajstić information content (AvgIpc) is 3.28. The van der Waals surface area contributed by atoms with Crippen LogP contribution in [0.15, 0.2) is 48.2 Å². The Hall–Kier alpha value is -3.06. The number of fused-ring (bicyclic) bond motifs is 2. The molecule has 0 bridgehead atoms. The molecule has 0 aliphatic carbocycles. The first-order chi connectivity index (χ1) is 12.3. The molecule has 7 heteroatoms. The van der Waals surface area contributed by atoms with Crippen molar-refractivity contribution in [2.45, 2.75) is 12.3 Å². The van der Waals surface area contributed by atoms with Gasteiger partial charge in [0.1, 0.15) is 0 Å². The summed E-state index contributed by atoms with van der Waals surface area (Å²) in [5.41, 5.74) is 6.77. The first kappa shape index (κ1) is 14.3. The van der Waals surface area contributed by atoms with Crippen LogP contribution in [0.25, 0.3) is 21.5 Å². The average molecular weight is 347 g/mol. The maximum absolute atomic E-state index is 12.2. The van der Waals surface area contributed by atoms with Crippen molar-refractivity contribution in [2.75, 3.05) is 5.32 Å². The minimum absolute atomic E-state index is 0.0248. The summed E-state index contributed by atoms with van der Waals surface area (Å²) in [6.45, 7) is 0. The highest BCUT2D eigenvalue weighted by Crippen LogP contribution is 2.43. The number of aromatic amines is 1. The van der Waals surface area contributed by atoms with Crippen molar-refractivity contribution in [3.63, 3.8) is 0 Å². The second kappa shape index (κ2) is 5.49. The predicted octanol–water partition coefficient (Wildman–Crippen LogP) is 3.56. The summed E-state index contributed by atoms with van der Waals surface area (Å²) >= 11 is 1.60. The van der Waals surface area contributed by atoms with E-state index in [1.165, 1.54) is 0 Å². The van der Waals surface area contributed by atoms with Gasteiger partial charge in [0.25, 0.3) is 0 Å². The van der Waals surface area contributed by atoms with Crippen LogP contribution in [0.5, 0.6) is 0 Å². The highest BCUT2D eigenvalue weighted by atomic mass is 32.1. The van der Waals surface area contributed by atoms with Gasteiger partial charge in [0.2, 0.25) is 5.91 Å². The Morgan fingerprint density at radius 3 is 3.04 bits per heavy atom. The first-order valence-corrected chi connectivity index (χ1v) is 8.80. The number of benzene rings is 1. The second-order valence-electron chi connectivity index (χ2n) is 5.96. The van der Waals surface area contributed by atoms with Crippen LogP contribution in [-0.2, 0) is 4.79 Å². The number of rotatable bonds is 2. The molecule has 4 aromatic rings. The largest absolute Gasteiger partial charge is 0.309 e. The topological polar surface area (TPSA) is 83.6 Å². The summed E-state index contributed by atoms with van der Waals surface area (Å²) in [4.78, 5) is 20.8. The van der Waals surface area contributed by atoms with E-state index in [0.717, 1.165) is 32.6 Å². The molecule has 1 aliphatic heterocycles. The van der Waals surface area contributed by atoms with Crippen molar-refractivity contribution in [1.82, 2.24) is 20.2 Å². The zero-order valence-electron chi connectivity index (χ0n) is 13.1. The lowest BCUT2D eigenvalue weighted by molar-refractivity contribution is -0.116. The molecule has 0 spiro atoms. The monoisotopic (exact) mass is 347 g/mol. The number of nitrogens with zero attached hydrogens (tertiary/aromatic N) is 3. The van der Waals surface area contributed by atoms with Crippen molar-refractivity contribution in [3.05, 3.63) is 59.4 Å². The molecule has 1 aromatic carbocycles. The van der Waals surface area contributed by atoms with Gasteiger partial charge in [-0.05, 0) is 23.8 Å². The maximum atomic E-state index is 12.2. The van der Waals surface area contributed by atoms with Gasteiger partial charge in [0.15, 0.2) is 5.82 Å². The number of H-pyrrole nitrogens is 1. The molecule has 1 aliphatic rings. The number of carbonyl (C=O) groups excluding carboxylic acids is 1. The number of carbonyl (C=O) groups is 1. The van der Waals surface area contributed by atoms with Crippen LogP contribution in [0.3, 0.4) is 0 Å². The van der Waals surface area contributed by atoms with E-state index in [2.05, 4.69) is 31.5 Å². The molecule has 1 atom stereocenters. The van der Waals surface area contributed by atoms with E-state index in [9.17, 15) is 4.79 Å². The van der Waals surface area contributed by atoms with Gasteiger partial charge in [-0.2, -0.15) is 5.10 Å². The van der Waals surface area contributed by atoms with E-state index in [0.29, 0.717) is 12.2 Å². The third-order valence-electron chi connectivity index (χ3n) is 4.51. The van der Waals surface area contributed by atoms with Gasteiger partial charge in [0, 0.05) is 35.9 Å². The van der Waals surface area contributed by atoms with E-state index in [4.69, 9.17) is 0 Å². The minimum atomic E-state index is -0.0677. The fourth-order valence-electron chi connectivity index (χ4n) is 3.43. The Morgan fingerprint density at radius 1 is 1.20 bits per heavy atom. The summed E-state index contributed by atoms with van der Waals surface area (Å²) in [5, 5.41) is 10.3. The number of nitrogens with one attached hydrogen (secondary N) is 2. The summed E-state index contributed by atoms with van der Waals surface area (Å²) in [5.74, 6) is 0.506. The fourth-order valence-corrected chi connectivity index (χ4v) is 4.29. The lowest BCUT2D eigenvalue weighted by atomic mass is 9.84. The van der Waals surface area contributed by atoms with Gasteiger partial charge in [-0.1, -0.05) is 12.1 Å². The Balaban J connectivity index is 1.74. The molecule has 1 amide bonds. The van der Waals surface area contributed by atoms with Crippen molar-refractivity contribution in [1.29, 1.82) is 0 Å². The lowest BCUT2D eigenvalue weighted by Gasteiger charge is -2.23. The Morgan fingerprint density at radius 2 is 2.16 bits per heavy atom. The zero-order chi connectivity index (χ0) is 16.8. The van der Waals surface area contributed by atoms with Crippen LogP contribution in [0, 0.1) is 0 Å². The highest BCUT2D eigenvalue weighted by Gasteiger charge is 2.33. The summed E-state index contributed by atoms with van der Waals surface area (Å²) in [6.07, 6.45) is 3.93. The molecule has 0 saturated heterocycles. The predicted molar refractivity (Wildman–Crippen MR) is 96.5 cm³/mol. The van der Waals surface area contributed by atoms with E-state index in [-0.39, 0.29) is 11.8 Å². The molecule has 122 valence electrons. The maximum Gasteiger partial charge on any atom is 0.226 e. The third-order valence-corrected chi connectivity index (χ3v) is 5.40. The van der Waals surface area contributed by atoms with Crippen LogP contribution in [0.1, 0.15) is 23.5 Å². The standard InChI is InChI=1S/C18H13N5OS/c24-14-7-12(11-4-1-5-13-17(11)25-9-20-13)15-16(22-23-18(15)21-14)10-3-2-6-19-8-10/h1-6,8-9,12H,7H2,(H2,21,22,23,24). The molecule has 0 fully saturated rings. The van der Waals surface area contributed by atoms with Crippen molar-refractivity contribution in [2.24, 2.45) is 0 Å². The fraction of sp³-hybridized carbons (Fsp3) is 0.111. The number of hydrogen-bond donors (Lipinski definition) is 2. The lowest BCUT2D eigenvalue weighted by Crippen LogP contribution is -2.23. The van der Waals surface area contributed by atoms with E-state index >= 15 is 0 Å². The smallest absolute Gasteiger partial charge is 0.226 e. The van der Waals surface area contributed by atoms with Gasteiger partial charge in [-0.3, -0.25) is 14.9 Å². The normalized spacial score (nSPS) is 16.6. The zero-order valence-corrected chi connectivity index (χ0v) is 13.9. The SMILES string of the molecule is O=C1CC(c2cccc3ncsc23)c2c(n[nH]c2-c2cccnc2)N1. The third kappa shape index (κ3) is 2.24. The van der Waals surface area contributed by atoms with Crippen LogP contribution >= 0.6 is 11.3 Å². The molecule has 5 rings (SSSR count). The van der Waals surface area contributed by atoms with Crippen molar-refractivity contribution >= 4 is 33.3 Å². The molecule has 1 unspecified atom stereocenters. The quantitative estimate of drug-likeness (QED) is 0.581. The first-order valence-electron chi connectivity index (χ1n) is 7.92. The number of aromatic nitrogens is 4. The molecule has 3 aromatic heterocycles. The summed E-state index contributed by atoms with van der Waals surface area (Å²) in [6, 6.07) is 9.95. The van der Waals surface area contributed by atoms with Gasteiger partial charge in [-0.25, -0.2) is 4.98 Å². The van der Waals surface area contributed by atoms with Gasteiger partial charge in [0.05, 0.1) is 21.4 Å². The Bertz CT molecular complexity index is 1090. The van der Waals surface area contributed by atoms with Crippen LogP contribution in [-0.4, -0.2) is 26.1 Å². The van der Waals surface area contributed by atoms with E-state index < -0.39 is 0 Å². The van der Waals surface area contributed by atoms with Gasteiger partial charge >= 0.3 is 0 Å². The molecule has 0 radical (unpaired) electrons. The van der Waals surface area contributed by atoms with Gasteiger partial charge in [-0.15, -0.1) is 11.3 Å². The number of hydrogen-bond acceptors (Lipinski definition) is 5. The van der Waals surface area contributed by atoms with Crippen LogP contribution < -0.4 is 5.32 Å². The highest BCUT2D eigenvalue weighted by molar-refractivity contribution is 7.17. The number of amides is 1. The molecule has 0 saturated carbocycles. The molecule has 2 N–H and O–H groups in total.